The van der Waals surface area contributed by atoms with Gasteiger partial charge in [-0.15, -0.1) is 0 Å². The quantitative estimate of drug-likeness (QED) is 0.386. The summed E-state index contributed by atoms with van der Waals surface area (Å²) in [6.45, 7) is 4.71. The Labute approximate surface area is 182 Å². The summed E-state index contributed by atoms with van der Waals surface area (Å²) < 4.78 is 16.8. The highest BCUT2D eigenvalue weighted by atomic mass is 16.5. The lowest BCUT2D eigenvalue weighted by atomic mass is 10.2. The number of hydrogen-bond donors (Lipinski definition) is 1. The maximum Gasteiger partial charge on any atom is 0.280 e. The lowest BCUT2D eigenvalue weighted by Crippen LogP contribution is -2.33. The summed E-state index contributed by atoms with van der Waals surface area (Å²) in [4.78, 5) is 12.2. The van der Waals surface area contributed by atoms with Crippen molar-refractivity contribution in [2.45, 2.75) is 26.6 Å². The van der Waals surface area contributed by atoms with Gasteiger partial charge in [0.15, 0.2) is 6.10 Å². The van der Waals surface area contributed by atoms with Crippen molar-refractivity contribution in [1.29, 1.82) is 0 Å². The first kappa shape index (κ1) is 21.9. The molecule has 0 radical (unpaired) electrons. The van der Waals surface area contributed by atoms with Crippen molar-refractivity contribution >= 4 is 12.1 Å². The van der Waals surface area contributed by atoms with E-state index in [0.717, 1.165) is 22.6 Å². The molecule has 0 unspecified atom stereocenters. The molecule has 3 aromatic carbocycles. The highest BCUT2D eigenvalue weighted by Gasteiger charge is 2.14. The number of rotatable bonds is 10. The summed E-state index contributed by atoms with van der Waals surface area (Å²) in [5.41, 5.74) is 4.44. The molecule has 1 atom stereocenters. The fourth-order valence-corrected chi connectivity index (χ4v) is 2.69. The van der Waals surface area contributed by atoms with Crippen LogP contribution in [0.15, 0.2) is 84.0 Å². The molecule has 1 amide bonds. The Morgan fingerprint density at radius 1 is 0.903 bits per heavy atom. The predicted octanol–water partition coefficient (Wildman–Crippen LogP) is 4.58. The zero-order chi connectivity index (χ0) is 21.9. The van der Waals surface area contributed by atoms with Gasteiger partial charge in [-0.05, 0) is 73.5 Å². The minimum Gasteiger partial charge on any atom is -0.494 e. The number of ether oxygens (including phenoxy) is 3. The highest BCUT2D eigenvalue weighted by Crippen LogP contribution is 2.19. The smallest absolute Gasteiger partial charge is 0.280 e. The molecule has 0 heterocycles. The number of carbonyl (C=O) groups is 1. The van der Waals surface area contributed by atoms with Gasteiger partial charge in [0.1, 0.15) is 23.9 Å². The molecule has 0 aliphatic carbocycles. The van der Waals surface area contributed by atoms with E-state index in [0.29, 0.717) is 19.0 Å². The monoisotopic (exact) mass is 418 g/mol. The average molecular weight is 418 g/mol. The van der Waals surface area contributed by atoms with Crippen molar-refractivity contribution in [3.8, 4) is 17.2 Å². The molecule has 0 spiro atoms. The maximum atomic E-state index is 12.2. The van der Waals surface area contributed by atoms with Gasteiger partial charge in [-0.2, -0.15) is 5.10 Å². The fraction of sp³-hybridized carbons (Fsp3) is 0.200. The summed E-state index contributed by atoms with van der Waals surface area (Å²) >= 11 is 0. The van der Waals surface area contributed by atoms with Crippen LogP contribution in [0.25, 0.3) is 0 Å². The summed E-state index contributed by atoms with van der Waals surface area (Å²) in [7, 11) is 0. The fourth-order valence-electron chi connectivity index (χ4n) is 2.69. The van der Waals surface area contributed by atoms with E-state index in [-0.39, 0.29) is 5.91 Å². The van der Waals surface area contributed by atoms with E-state index >= 15 is 0 Å². The molecule has 0 bridgehead atoms. The first-order valence-electron chi connectivity index (χ1n) is 10.1. The summed E-state index contributed by atoms with van der Waals surface area (Å²) in [5.74, 6) is 1.76. The van der Waals surface area contributed by atoms with Crippen LogP contribution in [0.1, 0.15) is 25.0 Å². The molecule has 0 fully saturated rings. The van der Waals surface area contributed by atoms with Crippen molar-refractivity contribution in [2.24, 2.45) is 5.10 Å². The molecule has 6 nitrogen and oxygen atoms in total. The van der Waals surface area contributed by atoms with Crippen LogP contribution in [0, 0.1) is 0 Å². The average Bonchev–Trinajstić information content (AvgIpc) is 2.80. The molecule has 0 aromatic heterocycles. The topological polar surface area (TPSA) is 69.2 Å². The molecule has 0 aliphatic heterocycles. The van der Waals surface area contributed by atoms with E-state index in [2.05, 4.69) is 10.5 Å². The van der Waals surface area contributed by atoms with E-state index in [1.54, 1.807) is 25.3 Å². The Balaban J connectivity index is 1.44. The largest absolute Gasteiger partial charge is 0.494 e. The third-order valence-corrected chi connectivity index (χ3v) is 4.33. The number of nitrogens with one attached hydrogen (secondary N) is 1. The lowest BCUT2D eigenvalue weighted by molar-refractivity contribution is -0.127. The van der Waals surface area contributed by atoms with E-state index in [1.807, 2.05) is 73.7 Å². The third kappa shape index (κ3) is 7.19. The number of nitrogens with zero attached hydrogens (tertiary/aromatic N) is 1. The van der Waals surface area contributed by atoms with E-state index in [9.17, 15) is 4.79 Å². The van der Waals surface area contributed by atoms with Gasteiger partial charge in [0.05, 0.1) is 12.8 Å². The van der Waals surface area contributed by atoms with E-state index in [4.69, 9.17) is 14.2 Å². The molecule has 3 aromatic rings. The Hall–Kier alpha value is -3.80. The van der Waals surface area contributed by atoms with Gasteiger partial charge in [0.2, 0.25) is 0 Å². The van der Waals surface area contributed by atoms with Crippen molar-refractivity contribution in [3.63, 3.8) is 0 Å². The molecule has 160 valence electrons. The maximum absolute atomic E-state index is 12.2. The first-order valence-corrected chi connectivity index (χ1v) is 10.1. The number of carbonyl (C=O) groups excluding carboxylic acids is 1. The Morgan fingerprint density at radius 3 is 2.19 bits per heavy atom. The number of hydrazone groups is 1. The number of hydrogen-bond acceptors (Lipinski definition) is 5. The van der Waals surface area contributed by atoms with Gasteiger partial charge < -0.3 is 14.2 Å². The summed E-state index contributed by atoms with van der Waals surface area (Å²) in [6, 6.07) is 24.5. The van der Waals surface area contributed by atoms with Crippen LogP contribution in [-0.4, -0.2) is 24.8 Å². The Bertz CT molecular complexity index is 971. The molecule has 0 saturated heterocycles. The van der Waals surface area contributed by atoms with Crippen LogP contribution >= 0.6 is 0 Å². The molecule has 6 heteroatoms. The molecule has 3 rings (SSSR count). The second kappa shape index (κ2) is 11.4. The SMILES string of the molecule is CCOc1ccc(/C=N\NC(=O)[C@H](C)Oc2ccc(OCc3ccccc3)cc2)cc1. The van der Waals surface area contributed by atoms with Crippen LogP contribution in [0.2, 0.25) is 0 Å². The summed E-state index contributed by atoms with van der Waals surface area (Å²) in [6.07, 6.45) is 0.868. The summed E-state index contributed by atoms with van der Waals surface area (Å²) in [5, 5.41) is 3.98. The van der Waals surface area contributed by atoms with Crippen LogP contribution in [0.3, 0.4) is 0 Å². The Kier molecular flexibility index (Phi) is 8.05. The molecule has 1 N–H and O–H groups in total. The molecular weight excluding hydrogens is 392 g/mol. The zero-order valence-corrected chi connectivity index (χ0v) is 17.7. The van der Waals surface area contributed by atoms with Gasteiger partial charge in [-0.1, -0.05) is 30.3 Å². The van der Waals surface area contributed by atoms with Crippen molar-refractivity contribution in [2.75, 3.05) is 6.61 Å². The molecular formula is C25H26N2O4. The van der Waals surface area contributed by atoms with Gasteiger partial charge >= 0.3 is 0 Å². The third-order valence-electron chi connectivity index (χ3n) is 4.33. The van der Waals surface area contributed by atoms with Gasteiger partial charge in [-0.25, -0.2) is 5.43 Å². The van der Waals surface area contributed by atoms with Gasteiger partial charge in [-0.3, -0.25) is 4.79 Å². The number of benzene rings is 3. The zero-order valence-electron chi connectivity index (χ0n) is 17.7. The van der Waals surface area contributed by atoms with Crippen LogP contribution in [-0.2, 0) is 11.4 Å². The van der Waals surface area contributed by atoms with Crippen LogP contribution < -0.4 is 19.6 Å². The Morgan fingerprint density at radius 2 is 1.52 bits per heavy atom. The van der Waals surface area contributed by atoms with Crippen molar-refractivity contribution < 1.29 is 19.0 Å². The minimum atomic E-state index is -0.700. The van der Waals surface area contributed by atoms with Gasteiger partial charge in [0, 0.05) is 0 Å². The van der Waals surface area contributed by atoms with Crippen LogP contribution in [0.5, 0.6) is 17.2 Å². The normalized spacial score (nSPS) is 11.7. The lowest BCUT2D eigenvalue weighted by Gasteiger charge is -2.13. The van der Waals surface area contributed by atoms with Crippen LogP contribution in [0.4, 0.5) is 0 Å². The second-order valence-corrected chi connectivity index (χ2v) is 6.74. The minimum absolute atomic E-state index is 0.341. The standard InChI is InChI=1S/C25H26N2O4/c1-3-29-22-11-9-20(10-12-22)17-26-27-25(28)19(2)31-24-15-13-23(14-16-24)30-18-21-7-5-4-6-8-21/h4-17,19H,3,18H2,1-2H3,(H,27,28)/b26-17-/t19-/m0/s1. The second-order valence-electron chi connectivity index (χ2n) is 6.74. The first-order chi connectivity index (χ1) is 15.1. The van der Waals surface area contributed by atoms with Crippen molar-refractivity contribution in [1.82, 2.24) is 5.43 Å². The molecule has 0 aliphatic rings. The van der Waals surface area contributed by atoms with E-state index < -0.39 is 6.10 Å². The molecule has 0 saturated carbocycles. The molecule has 31 heavy (non-hydrogen) atoms. The number of amides is 1. The van der Waals surface area contributed by atoms with Crippen molar-refractivity contribution in [3.05, 3.63) is 90.0 Å². The van der Waals surface area contributed by atoms with E-state index in [1.165, 1.54) is 0 Å². The van der Waals surface area contributed by atoms with Gasteiger partial charge in [0.25, 0.3) is 5.91 Å². The highest BCUT2D eigenvalue weighted by molar-refractivity contribution is 5.84. The predicted molar refractivity (Wildman–Crippen MR) is 121 cm³/mol.